The van der Waals surface area contributed by atoms with E-state index in [1.807, 2.05) is 6.92 Å². The molecule has 3 rings (SSSR count). The van der Waals surface area contributed by atoms with Crippen molar-refractivity contribution in [1.29, 1.82) is 0 Å². The van der Waals surface area contributed by atoms with Crippen LogP contribution in [-0.2, 0) is 19.5 Å². The highest BCUT2D eigenvalue weighted by atomic mass is 32.2. The van der Waals surface area contributed by atoms with Gasteiger partial charge in [0.15, 0.2) is 6.29 Å². The van der Waals surface area contributed by atoms with Crippen LogP contribution in [0.4, 0.5) is 0 Å². The van der Waals surface area contributed by atoms with Crippen molar-refractivity contribution >= 4 is 15.9 Å². The zero-order chi connectivity index (χ0) is 20.3. The maximum absolute atomic E-state index is 13.4. The molecule has 0 radical (unpaired) electrons. The highest BCUT2D eigenvalue weighted by Crippen LogP contribution is 2.28. The minimum Gasteiger partial charge on any atom is -0.348 e. The first-order chi connectivity index (χ1) is 13.4. The lowest BCUT2D eigenvalue weighted by Crippen LogP contribution is -2.50. The van der Waals surface area contributed by atoms with Crippen molar-refractivity contribution in [3.05, 3.63) is 29.3 Å². The molecule has 1 unspecified atom stereocenters. The Morgan fingerprint density at radius 3 is 2.50 bits per heavy atom. The lowest BCUT2D eigenvalue weighted by Gasteiger charge is -2.38. The van der Waals surface area contributed by atoms with Crippen molar-refractivity contribution in [3.63, 3.8) is 0 Å². The van der Waals surface area contributed by atoms with Gasteiger partial charge in [-0.3, -0.25) is 4.79 Å². The summed E-state index contributed by atoms with van der Waals surface area (Å²) in [5.41, 5.74) is 1.19. The first-order valence-corrected chi connectivity index (χ1v) is 11.5. The van der Waals surface area contributed by atoms with Crippen LogP contribution in [0.5, 0.6) is 0 Å². The van der Waals surface area contributed by atoms with E-state index in [4.69, 9.17) is 9.47 Å². The Labute approximate surface area is 167 Å². The minimum absolute atomic E-state index is 0.133. The summed E-state index contributed by atoms with van der Waals surface area (Å²) in [6, 6.07) is 4.68. The largest absolute Gasteiger partial charge is 0.348 e. The fraction of sp³-hybridized carbons (Fsp3) is 0.650. The molecule has 1 aromatic rings. The first-order valence-electron chi connectivity index (χ1n) is 10.0. The highest BCUT2D eigenvalue weighted by Gasteiger charge is 2.37. The number of likely N-dealkylation sites (tertiary alicyclic amines) is 1. The van der Waals surface area contributed by atoms with E-state index in [0.29, 0.717) is 38.4 Å². The standard InChI is InChI=1S/C20H30N2O5S/c1-4-21(5-2)28(24,25)16-10-9-15(3)17(14-16)19(23)22-11-7-6-8-18(22)20-26-12-13-27-20/h9-10,14,18,20H,4-8,11-13H2,1-3H3. The molecule has 156 valence electrons. The third-order valence-corrected chi connectivity index (χ3v) is 7.60. The van der Waals surface area contributed by atoms with E-state index in [2.05, 4.69) is 0 Å². The lowest BCUT2D eigenvalue weighted by atomic mass is 9.99. The van der Waals surface area contributed by atoms with Gasteiger partial charge >= 0.3 is 0 Å². The molecule has 2 aliphatic heterocycles. The number of rotatable bonds is 6. The van der Waals surface area contributed by atoms with Gasteiger partial charge in [0.05, 0.1) is 24.2 Å². The Morgan fingerprint density at radius 2 is 1.86 bits per heavy atom. The van der Waals surface area contributed by atoms with E-state index < -0.39 is 16.3 Å². The third-order valence-electron chi connectivity index (χ3n) is 5.55. The Bertz CT molecular complexity index is 801. The van der Waals surface area contributed by atoms with Gasteiger partial charge in [-0.2, -0.15) is 4.31 Å². The molecule has 1 aromatic carbocycles. The minimum atomic E-state index is -3.62. The van der Waals surface area contributed by atoms with E-state index in [1.165, 1.54) is 10.4 Å². The number of hydrogen-bond donors (Lipinski definition) is 0. The third kappa shape index (κ3) is 4.10. The topological polar surface area (TPSA) is 76.2 Å². The van der Waals surface area contributed by atoms with Crippen LogP contribution >= 0.6 is 0 Å². The van der Waals surface area contributed by atoms with Crippen molar-refractivity contribution in [1.82, 2.24) is 9.21 Å². The van der Waals surface area contributed by atoms with Gasteiger partial charge in [-0.05, 0) is 43.9 Å². The molecule has 28 heavy (non-hydrogen) atoms. The van der Waals surface area contributed by atoms with E-state index in [-0.39, 0.29) is 16.8 Å². The van der Waals surface area contributed by atoms with Crippen LogP contribution in [0.15, 0.2) is 23.1 Å². The van der Waals surface area contributed by atoms with Crippen molar-refractivity contribution in [2.45, 2.75) is 57.3 Å². The average molecular weight is 411 g/mol. The highest BCUT2D eigenvalue weighted by molar-refractivity contribution is 7.89. The van der Waals surface area contributed by atoms with E-state index in [0.717, 1.165) is 24.8 Å². The van der Waals surface area contributed by atoms with Crippen LogP contribution in [0.3, 0.4) is 0 Å². The molecule has 2 heterocycles. The summed E-state index contributed by atoms with van der Waals surface area (Å²) in [6.07, 6.45) is 2.37. The van der Waals surface area contributed by atoms with Gasteiger partial charge < -0.3 is 14.4 Å². The smallest absolute Gasteiger partial charge is 0.254 e. The number of piperidine rings is 1. The Morgan fingerprint density at radius 1 is 1.18 bits per heavy atom. The SMILES string of the molecule is CCN(CC)S(=O)(=O)c1ccc(C)c(C(=O)N2CCCCC2C2OCCO2)c1. The van der Waals surface area contributed by atoms with Gasteiger partial charge in [0.1, 0.15) is 0 Å². The number of ether oxygens (including phenoxy) is 2. The second kappa shape index (κ2) is 8.90. The van der Waals surface area contributed by atoms with E-state index >= 15 is 0 Å². The molecule has 0 bridgehead atoms. The molecule has 0 aliphatic carbocycles. The summed E-state index contributed by atoms with van der Waals surface area (Å²) >= 11 is 0. The predicted octanol–water partition coefficient (Wildman–Crippen LogP) is 2.39. The first kappa shape index (κ1) is 21.2. The van der Waals surface area contributed by atoms with Crippen molar-refractivity contribution < 1.29 is 22.7 Å². The second-order valence-electron chi connectivity index (χ2n) is 7.24. The number of carbonyl (C=O) groups excluding carboxylic acids is 1. The quantitative estimate of drug-likeness (QED) is 0.720. The van der Waals surface area contributed by atoms with Crippen molar-refractivity contribution in [3.8, 4) is 0 Å². The molecule has 8 heteroatoms. The molecule has 1 amide bonds. The normalized spacial score (nSPS) is 21.4. The van der Waals surface area contributed by atoms with E-state index in [9.17, 15) is 13.2 Å². The van der Waals surface area contributed by atoms with Crippen LogP contribution in [0.25, 0.3) is 0 Å². The molecule has 0 spiro atoms. The Balaban J connectivity index is 1.92. The molecule has 1 atom stereocenters. The zero-order valence-electron chi connectivity index (χ0n) is 16.9. The summed E-state index contributed by atoms with van der Waals surface area (Å²) < 4.78 is 38.5. The van der Waals surface area contributed by atoms with Crippen LogP contribution in [0.2, 0.25) is 0 Å². The van der Waals surface area contributed by atoms with Crippen molar-refractivity contribution in [2.24, 2.45) is 0 Å². The van der Waals surface area contributed by atoms with Gasteiger partial charge in [0.25, 0.3) is 5.91 Å². The van der Waals surface area contributed by atoms with Gasteiger partial charge in [-0.15, -0.1) is 0 Å². The van der Waals surface area contributed by atoms with Crippen LogP contribution in [-0.4, -0.2) is 68.7 Å². The molecular formula is C20H30N2O5S. The number of amides is 1. The molecule has 2 aliphatic rings. The Hall–Kier alpha value is -1.48. The zero-order valence-corrected chi connectivity index (χ0v) is 17.7. The Kier molecular flexibility index (Phi) is 6.75. The summed E-state index contributed by atoms with van der Waals surface area (Å²) in [5, 5.41) is 0. The van der Waals surface area contributed by atoms with Crippen molar-refractivity contribution in [2.75, 3.05) is 32.8 Å². The fourth-order valence-corrected chi connectivity index (χ4v) is 5.44. The van der Waals surface area contributed by atoms with Gasteiger partial charge in [-0.1, -0.05) is 19.9 Å². The number of sulfonamides is 1. The van der Waals surface area contributed by atoms with Gasteiger partial charge in [0.2, 0.25) is 10.0 Å². The molecular weight excluding hydrogens is 380 g/mol. The van der Waals surface area contributed by atoms with Gasteiger partial charge in [-0.25, -0.2) is 8.42 Å². The molecule has 0 aromatic heterocycles. The van der Waals surface area contributed by atoms with Crippen LogP contribution < -0.4 is 0 Å². The number of hydrogen-bond acceptors (Lipinski definition) is 5. The maximum atomic E-state index is 13.4. The van der Waals surface area contributed by atoms with Crippen LogP contribution in [0, 0.1) is 6.92 Å². The predicted molar refractivity (Wildman–Crippen MR) is 106 cm³/mol. The monoisotopic (exact) mass is 410 g/mol. The fourth-order valence-electron chi connectivity index (χ4n) is 3.95. The van der Waals surface area contributed by atoms with Gasteiger partial charge in [0, 0.05) is 25.2 Å². The summed E-state index contributed by atoms with van der Waals surface area (Å²) in [5.74, 6) is -0.155. The average Bonchev–Trinajstić information content (AvgIpc) is 3.23. The maximum Gasteiger partial charge on any atom is 0.254 e. The molecule has 2 fully saturated rings. The van der Waals surface area contributed by atoms with E-state index in [1.54, 1.807) is 30.9 Å². The number of aryl methyl sites for hydroxylation is 1. The number of nitrogens with zero attached hydrogens (tertiary/aromatic N) is 2. The molecule has 7 nitrogen and oxygen atoms in total. The number of benzene rings is 1. The lowest BCUT2D eigenvalue weighted by molar-refractivity contribution is -0.100. The molecule has 2 saturated heterocycles. The number of carbonyl (C=O) groups is 1. The van der Waals surface area contributed by atoms with Crippen LogP contribution in [0.1, 0.15) is 49.0 Å². The summed E-state index contributed by atoms with van der Waals surface area (Å²) in [7, 11) is -3.62. The summed E-state index contributed by atoms with van der Waals surface area (Å²) in [4.78, 5) is 15.3. The second-order valence-corrected chi connectivity index (χ2v) is 9.18. The summed E-state index contributed by atoms with van der Waals surface area (Å²) in [6.45, 7) is 7.94. The molecule has 0 N–H and O–H groups in total. The molecule has 0 saturated carbocycles.